The second kappa shape index (κ2) is 4.55. The largest absolute Gasteiger partial charge is 0.289 e. The lowest BCUT2D eigenvalue weighted by atomic mass is 9.85. The van der Waals surface area contributed by atoms with Gasteiger partial charge in [0.25, 0.3) is 0 Å². The minimum absolute atomic E-state index is 0.0449. The number of ketones is 1. The first-order valence-electron chi connectivity index (χ1n) is 8.09. The quantitative estimate of drug-likeness (QED) is 0.409. The lowest BCUT2D eigenvalue weighted by molar-refractivity contribution is 0.104. The van der Waals surface area contributed by atoms with Crippen LogP contribution in [0.2, 0.25) is 0 Å². The van der Waals surface area contributed by atoms with Crippen molar-refractivity contribution in [1.29, 1.82) is 0 Å². The number of fused-ring (bicyclic) bond motifs is 5. The molecule has 0 fully saturated rings. The molecule has 0 aliphatic heterocycles. The third-order valence-electron chi connectivity index (χ3n) is 4.82. The smallest absolute Gasteiger partial charge is 0.194 e. The molecule has 114 valence electrons. The molecule has 0 radical (unpaired) electrons. The first-order valence-corrected chi connectivity index (χ1v) is 8.09. The number of rotatable bonds is 0. The number of carbonyl (C=O) groups excluding carboxylic acids is 1. The third kappa shape index (κ3) is 2.03. The Hall–Kier alpha value is -2.41. The Labute approximate surface area is 137 Å². The van der Waals surface area contributed by atoms with Crippen LogP contribution in [0.5, 0.6) is 0 Å². The highest BCUT2D eigenvalue weighted by molar-refractivity contribution is 6.27. The van der Waals surface area contributed by atoms with Crippen LogP contribution in [0, 0.1) is 6.92 Å². The fourth-order valence-electron chi connectivity index (χ4n) is 3.49. The van der Waals surface area contributed by atoms with Crippen molar-refractivity contribution in [3.05, 3.63) is 70.8 Å². The number of hydrogen-bond donors (Lipinski definition) is 0. The first-order chi connectivity index (χ1) is 10.9. The zero-order chi connectivity index (χ0) is 16.4. The number of benzene rings is 3. The van der Waals surface area contributed by atoms with Crippen molar-refractivity contribution in [3.63, 3.8) is 0 Å². The van der Waals surface area contributed by atoms with Gasteiger partial charge in [0.1, 0.15) is 0 Å². The fraction of sp³-hybridized carbons (Fsp3) is 0.227. The summed E-state index contributed by atoms with van der Waals surface area (Å²) < 4.78 is 0. The maximum absolute atomic E-state index is 13.1. The Bertz CT molecular complexity index is 971. The molecule has 0 N–H and O–H groups in total. The normalized spacial score (nSPS) is 13.3. The van der Waals surface area contributed by atoms with Crippen LogP contribution in [-0.2, 0) is 5.41 Å². The topological polar surface area (TPSA) is 17.1 Å². The summed E-state index contributed by atoms with van der Waals surface area (Å²) in [6.07, 6.45) is 0. The van der Waals surface area contributed by atoms with Gasteiger partial charge >= 0.3 is 0 Å². The van der Waals surface area contributed by atoms with Gasteiger partial charge in [-0.1, -0.05) is 68.8 Å². The van der Waals surface area contributed by atoms with E-state index in [2.05, 4.69) is 76.2 Å². The number of aryl methyl sites for hydroxylation is 1. The highest BCUT2D eigenvalue weighted by Gasteiger charge is 2.29. The molecule has 1 nitrogen and oxygen atoms in total. The Morgan fingerprint density at radius 2 is 1.52 bits per heavy atom. The lowest BCUT2D eigenvalue weighted by Crippen LogP contribution is -2.11. The van der Waals surface area contributed by atoms with Crippen LogP contribution in [-0.4, -0.2) is 5.78 Å². The molecule has 1 heteroatoms. The van der Waals surface area contributed by atoms with Crippen LogP contribution in [0.4, 0.5) is 0 Å². The van der Waals surface area contributed by atoms with E-state index in [0.29, 0.717) is 0 Å². The minimum Gasteiger partial charge on any atom is -0.289 e. The molecule has 0 saturated heterocycles. The highest BCUT2D eigenvalue weighted by atomic mass is 16.1. The van der Waals surface area contributed by atoms with Gasteiger partial charge in [-0.2, -0.15) is 0 Å². The maximum atomic E-state index is 13.1. The zero-order valence-corrected chi connectivity index (χ0v) is 14.0. The van der Waals surface area contributed by atoms with Gasteiger partial charge in [0.15, 0.2) is 5.78 Å². The Kier molecular flexibility index (Phi) is 2.81. The molecular weight excluding hydrogens is 280 g/mol. The minimum atomic E-state index is 0.0449. The molecule has 0 heterocycles. The highest BCUT2D eigenvalue weighted by Crippen LogP contribution is 2.41. The SMILES string of the molecule is Cc1ccc2c3c(ccc2c1)-c1ccc(C(C)(C)C)cc1C3=O. The average Bonchev–Trinajstić information content (AvgIpc) is 2.79. The predicted molar refractivity (Wildman–Crippen MR) is 96.3 cm³/mol. The van der Waals surface area contributed by atoms with Crippen LogP contribution in [0.3, 0.4) is 0 Å². The van der Waals surface area contributed by atoms with E-state index in [1.807, 2.05) is 0 Å². The van der Waals surface area contributed by atoms with Gasteiger partial charge in [0.05, 0.1) is 0 Å². The molecule has 1 aliphatic carbocycles. The van der Waals surface area contributed by atoms with Gasteiger partial charge in [-0.3, -0.25) is 4.79 Å². The first kappa shape index (κ1) is 14.2. The van der Waals surface area contributed by atoms with E-state index in [-0.39, 0.29) is 11.2 Å². The van der Waals surface area contributed by atoms with Gasteiger partial charge in [-0.05, 0) is 45.9 Å². The van der Waals surface area contributed by atoms with Gasteiger partial charge in [-0.15, -0.1) is 0 Å². The Morgan fingerprint density at radius 1 is 0.783 bits per heavy atom. The van der Waals surface area contributed by atoms with Gasteiger partial charge in [0, 0.05) is 11.1 Å². The number of hydrogen-bond acceptors (Lipinski definition) is 1. The summed E-state index contributed by atoms with van der Waals surface area (Å²) >= 11 is 0. The monoisotopic (exact) mass is 300 g/mol. The zero-order valence-electron chi connectivity index (χ0n) is 14.0. The molecule has 0 atom stereocenters. The van der Waals surface area contributed by atoms with E-state index in [0.717, 1.165) is 33.0 Å². The molecule has 0 amide bonds. The van der Waals surface area contributed by atoms with Crippen LogP contribution in [0.15, 0.2) is 48.5 Å². The van der Waals surface area contributed by atoms with E-state index in [9.17, 15) is 4.79 Å². The van der Waals surface area contributed by atoms with Crippen LogP contribution >= 0.6 is 0 Å². The molecule has 0 bridgehead atoms. The summed E-state index contributed by atoms with van der Waals surface area (Å²) in [6, 6.07) is 16.9. The second-order valence-corrected chi connectivity index (χ2v) is 7.55. The molecular formula is C22H20O. The van der Waals surface area contributed by atoms with Crippen molar-refractivity contribution in [1.82, 2.24) is 0 Å². The van der Waals surface area contributed by atoms with Gasteiger partial charge < -0.3 is 0 Å². The fourth-order valence-corrected chi connectivity index (χ4v) is 3.49. The van der Waals surface area contributed by atoms with Crippen LogP contribution in [0.25, 0.3) is 21.9 Å². The number of carbonyl (C=O) groups is 1. The Balaban J connectivity index is 2.00. The van der Waals surface area contributed by atoms with E-state index < -0.39 is 0 Å². The van der Waals surface area contributed by atoms with Crippen molar-refractivity contribution in [2.45, 2.75) is 33.1 Å². The molecule has 0 saturated carbocycles. The van der Waals surface area contributed by atoms with Gasteiger partial charge in [-0.25, -0.2) is 0 Å². The molecule has 0 aromatic heterocycles. The van der Waals surface area contributed by atoms with Crippen molar-refractivity contribution in [2.75, 3.05) is 0 Å². The summed E-state index contributed by atoms with van der Waals surface area (Å²) in [5.41, 5.74) is 6.32. The van der Waals surface area contributed by atoms with E-state index in [1.165, 1.54) is 11.1 Å². The third-order valence-corrected chi connectivity index (χ3v) is 4.82. The van der Waals surface area contributed by atoms with Crippen molar-refractivity contribution in [2.24, 2.45) is 0 Å². The summed E-state index contributed by atoms with van der Waals surface area (Å²) in [7, 11) is 0. The van der Waals surface area contributed by atoms with Crippen molar-refractivity contribution in [3.8, 4) is 11.1 Å². The maximum Gasteiger partial charge on any atom is 0.194 e. The predicted octanol–water partition coefficient (Wildman–Crippen LogP) is 5.66. The van der Waals surface area contributed by atoms with E-state index in [1.54, 1.807) is 0 Å². The van der Waals surface area contributed by atoms with E-state index in [4.69, 9.17) is 0 Å². The molecule has 23 heavy (non-hydrogen) atoms. The van der Waals surface area contributed by atoms with Gasteiger partial charge in [0.2, 0.25) is 0 Å². The van der Waals surface area contributed by atoms with Crippen molar-refractivity contribution >= 4 is 16.6 Å². The summed E-state index contributed by atoms with van der Waals surface area (Å²) in [4.78, 5) is 13.1. The molecule has 3 aromatic rings. The molecule has 4 rings (SSSR count). The summed E-state index contributed by atoms with van der Waals surface area (Å²) in [5.74, 6) is 0.163. The van der Waals surface area contributed by atoms with Crippen LogP contribution < -0.4 is 0 Å². The summed E-state index contributed by atoms with van der Waals surface area (Å²) in [5, 5.41) is 2.20. The van der Waals surface area contributed by atoms with Crippen molar-refractivity contribution < 1.29 is 4.79 Å². The van der Waals surface area contributed by atoms with E-state index >= 15 is 0 Å². The molecule has 3 aromatic carbocycles. The molecule has 1 aliphatic rings. The average molecular weight is 300 g/mol. The lowest BCUT2D eigenvalue weighted by Gasteiger charge is -2.19. The summed E-state index contributed by atoms with van der Waals surface area (Å²) in [6.45, 7) is 8.62. The standard InChI is InChI=1S/C22H20O/c1-13-5-8-16-14(11-13)6-9-18-17-10-7-15(22(2,3)4)12-19(17)21(23)20(16)18/h5-12H,1-4H3. The second-order valence-electron chi connectivity index (χ2n) is 7.55. The molecule has 0 spiro atoms. The molecule has 0 unspecified atom stereocenters. The van der Waals surface area contributed by atoms with Crippen LogP contribution in [0.1, 0.15) is 47.8 Å². The Morgan fingerprint density at radius 3 is 2.26 bits per heavy atom.